The molecule has 0 aliphatic carbocycles. The van der Waals surface area contributed by atoms with Gasteiger partial charge in [-0.25, -0.2) is 0 Å². The molecule has 0 N–H and O–H groups in total. The van der Waals surface area contributed by atoms with Crippen molar-refractivity contribution in [2.45, 2.75) is 19.5 Å². The van der Waals surface area contributed by atoms with Gasteiger partial charge in [0.25, 0.3) is 0 Å². The number of nitrogens with zero attached hydrogens (tertiary/aromatic N) is 3. The average molecular weight is 345 g/mol. The molecule has 1 aliphatic rings. The van der Waals surface area contributed by atoms with Gasteiger partial charge in [-0.05, 0) is 17.2 Å². The van der Waals surface area contributed by atoms with Crippen LogP contribution in [-0.4, -0.2) is 40.3 Å². The molecule has 1 atom stereocenters. The summed E-state index contributed by atoms with van der Waals surface area (Å²) in [5, 5.41) is 1.17. The van der Waals surface area contributed by atoms with Crippen molar-refractivity contribution in [3.05, 3.63) is 78.0 Å². The standard InChI is InChI=1S/C22H23N3O/c1-17(26)25-14-13-24(16-21(25)18-7-3-2-4-8-18)15-20-10-5-9-19-11-6-12-23-22(19)20/h2-12,21H,13-16H2,1H3/t21-/m0/s1. The monoisotopic (exact) mass is 345 g/mol. The molecule has 0 unspecified atom stereocenters. The van der Waals surface area contributed by atoms with E-state index in [0.717, 1.165) is 31.7 Å². The van der Waals surface area contributed by atoms with Gasteiger partial charge < -0.3 is 4.90 Å². The fraction of sp³-hybridized carbons (Fsp3) is 0.273. The van der Waals surface area contributed by atoms with Gasteiger partial charge in [0, 0.05) is 44.7 Å². The molecule has 0 radical (unpaired) electrons. The van der Waals surface area contributed by atoms with Gasteiger partial charge in [-0.2, -0.15) is 0 Å². The van der Waals surface area contributed by atoms with E-state index in [0.29, 0.717) is 0 Å². The minimum atomic E-state index is 0.102. The summed E-state index contributed by atoms with van der Waals surface area (Å²) >= 11 is 0. The van der Waals surface area contributed by atoms with Crippen LogP contribution in [0.4, 0.5) is 0 Å². The van der Waals surface area contributed by atoms with E-state index in [9.17, 15) is 4.79 Å². The number of para-hydroxylation sites is 1. The highest BCUT2D eigenvalue weighted by Crippen LogP contribution is 2.27. The molecule has 0 saturated carbocycles. The van der Waals surface area contributed by atoms with Crippen molar-refractivity contribution >= 4 is 16.8 Å². The number of amides is 1. The predicted octanol–water partition coefficient (Wildman–Crippen LogP) is 3.64. The first-order valence-electron chi connectivity index (χ1n) is 9.09. The van der Waals surface area contributed by atoms with E-state index in [1.807, 2.05) is 35.4 Å². The normalized spacial score (nSPS) is 18.2. The lowest BCUT2D eigenvalue weighted by Crippen LogP contribution is -2.49. The number of carbonyl (C=O) groups is 1. The molecular formula is C22H23N3O. The van der Waals surface area contributed by atoms with Crippen LogP contribution < -0.4 is 0 Å². The minimum absolute atomic E-state index is 0.102. The van der Waals surface area contributed by atoms with Gasteiger partial charge in [-0.15, -0.1) is 0 Å². The number of rotatable bonds is 3. The van der Waals surface area contributed by atoms with Crippen molar-refractivity contribution in [2.75, 3.05) is 19.6 Å². The second kappa shape index (κ2) is 7.26. The molecule has 2 aromatic carbocycles. The number of carbonyl (C=O) groups excluding carboxylic acids is 1. The van der Waals surface area contributed by atoms with E-state index >= 15 is 0 Å². The van der Waals surface area contributed by atoms with Crippen LogP contribution in [0.5, 0.6) is 0 Å². The minimum Gasteiger partial charge on any atom is -0.333 e. The van der Waals surface area contributed by atoms with E-state index in [-0.39, 0.29) is 11.9 Å². The molecule has 26 heavy (non-hydrogen) atoms. The first kappa shape index (κ1) is 16.7. The van der Waals surface area contributed by atoms with E-state index in [1.165, 1.54) is 16.5 Å². The Kier molecular flexibility index (Phi) is 4.67. The highest BCUT2D eigenvalue weighted by atomic mass is 16.2. The van der Waals surface area contributed by atoms with Crippen LogP contribution in [-0.2, 0) is 11.3 Å². The van der Waals surface area contributed by atoms with Gasteiger partial charge in [-0.3, -0.25) is 14.7 Å². The zero-order valence-electron chi connectivity index (χ0n) is 15.0. The second-order valence-corrected chi connectivity index (χ2v) is 6.87. The number of benzene rings is 2. The summed E-state index contributed by atoms with van der Waals surface area (Å²) in [4.78, 5) is 21.1. The third-order valence-corrected chi connectivity index (χ3v) is 5.16. The van der Waals surface area contributed by atoms with Crippen LogP contribution in [0.3, 0.4) is 0 Å². The molecule has 4 nitrogen and oxygen atoms in total. The third kappa shape index (κ3) is 3.33. The van der Waals surface area contributed by atoms with Crippen molar-refractivity contribution in [3.63, 3.8) is 0 Å². The van der Waals surface area contributed by atoms with Gasteiger partial charge in [-0.1, -0.05) is 54.6 Å². The van der Waals surface area contributed by atoms with E-state index in [1.54, 1.807) is 6.92 Å². The summed E-state index contributed by atoms with van der Waals surface area (Å²) in [6.45, 7) is 5.00. The first-order valence-corrected chi connectivity index (χ1v) is 9.09. The molecular weight excluding hydrogens is 322 g/mol. The predicted molar refractivity (Wildman–Crippen MR) is 104 cm³/mol. The Balaban J connectivity index is 1.59. The van der Waals surface area contributed by atoms with Crippen LogP contribution in [0.2, 0.25) is 0 Å². The lowest BCUT2D eigenvalue weighted by atomic mass is 10.0. The number of fused-ring (bicyclic) bond motifs is 1. The summed E-state index contributed by atoms with van der Waals surface area (Å²) in [5.41, 5.74) is 3.51. The van der Waals surface area contributed by atoms with E-state index < -0.39 is 0 Å². The zero-order valence-corrected chi connectivity index (χ0v) is 15.0. The molecule has 4 heteroatoms. The van der Waals surface area contributed by atoms with Gasteiger partial charge in [0.15, 0.2) is 0 Å². The number of hydrogen-bond donors (Lipinski definition) is 0. The Bertz CT molecular complexity index is 904. The van der Waals surface area contributed by atoms with Crippen LogP contribution in [0, 0.1) is 0 Å². The van der Waals surface area contributed by atoms with Crippen LogP contribution >= 0.6 is 0 Å². The Hall–Kier alpha value is -2.72. The van der Waals surface area contributed by atoms with E-state index in [4.69, 9.17) is 0 Å². The Morgan fingerprint density at radius 2 is 1.85 bits per heavy atom. The molecule has 1 amide bonds. The van der Waals surface area contributed by atoms with Crippen molar-refractivity contribution in [1.29, 1.82) is 0 Å². The maximum absolute atomic E-state index is 12.1. The molecule has 1 saturated heterocycles. The van der Waals surface area contributed by atoms with Crippen LogP contribution in [0.25, 0.3) is 10.9 Å². The molecule has 4 rings (SSSR count). The van der Waals surface area contributed by atoms with Gasteiger partial charge in [0.2, 0.25) is 5.91 Å². The van der Waals surface area contributed by atoms with Gasteiger partial charge in [0.05, 0.1) is 11.6 Å². The lowest BCUT2D eigenvalue weighted by Gasteiger charge is -2.41. The van der Waals surface area contributed by atoms with Crippen LogP contribution in [0.15, 0.2) is 66.9 Å². The smallest absolute Gasteiger partial charge is 0.220 e. The Labute approximate surface area is 154 Å². The maximum Gasteiger partial charge on any atom is 0.220 e. The highest BCUT2D eigenvalue weighted by molar-refractivity contribution is 5.81. The number of pyridine rings is 1. The van der Waals surface area contributed by atoms with Gasteiger partial charge >= 0.3 is 0 Å². The van der Waals surface area contributed by atoms with Crippen molar-refractivity contribution in [3.8, 4) is 0 Å². The van der Waals surface area contributed by atoms with Crippen molar-refractivity contribution < 1.29 is 4.79 Å². The Morgan fingerprint density at radius 1 is 1.04 bits per heavy atom. The molecule has 132 valence electrons. The van der Waals surface area contributed by atoms with Crippen molar-refractivity contribution in [2.24, 2.45) is 0 Å². The zero-order chi connectivity index (χ0) is 17.9. The summed E-state index contributed by atoms with van der Waals surface area (Å²) in [6.07, 6.45) is 1.85. The van der Waals surface area contributed by atoms with Gasteiger partial charge in [0.1, 0.15) is 0 Å². The van der Waals surface area contributed by atoms with Crippen LogP contribution in [0.1, 0.15) is 24.1 Å². The number of hydrogen-bond acceptors (Lipinski definition) is 3. The molecule has 1 fully saturated rings. The Morgan fingerprint density at radius 3 is 2.65 bits per heavy atom. The summed E-state index contributed by atoms with van der Waals surface area (Å²) < 4.78 is 0. The van der Waals surface area contributed by atoms with Crippen molar-refractivity contribution in [1.82, 2.24) is 14.8 Å². The second-order valence-electron chi connectivity index (χ2n) is 6.87. The largest absolute Gasteiger partial charge is 0.333 e. The molecule has 0 spiro atoms. The van der Waals surface area contributed by atoms with E-state index in [2.05, 4.69) is 46.3 Å². The molecule has 2 heterocycles. The molecule has 3 aromatic rings. The molecule has 1 aromatic heterocycles. The first-order chi connectivity index (χ1) is 12.7. The SMILES string of the molecule is CC(=O)N1CCN(Cc2cccc3cccnc23)C[C@H]1c1ccccc1. The molecule has 1 aliphatic heterocycles. The maximum atomic E-state index is 12.1. The lowest BCUT2D eigenvalue weighted by molar-refractivity contribution is -0.134. The third-order valence-electron chi connectivity index (χ3n) is 5.16. The topological polar surface area (TPSA) is 36.4 Å². The number of aromatic nitrogens is 1. The summed E-state index contributed by atoms with van der Waals surface area (Å²) in [6, 6.07) is 20.9. The average Bonchev–Trinajstić information content (AvgIpc) is 2.69. The summed E-state index contributed by atoms with van der Waals surface area (Å²) in [5.74, 6) is 0.144. The fourth-order valence-corrected chi connectivity index (χ4v) is 3.86. The number of piperazine rings is 1. The highest BCUT2D eigenvalue weighted by Gasteiger charge is 2.29. The quantitative estimate of drug-likeness (QED) is 0.727. The summed E-state index contributed by atoms with van der Waals surface area (Å²) in [7, 11) is 0. The molecule has 0 bridgehead atoms. The fourth-order valence-electron chi connectivity index (χ4n) is 3.86.